The predicted octanol–water partition coefficient (Wildman–Crippen LogP) is 2.72. The number of aliphatic hydroxyl groups excluding tert-OH is 2. The first-order valence-corrected chi connectivity index (χ1v) is 8.11. The molecule has 3 rings (SSSR count). The van der Waals surface area contributed by atoms with E-state index in [0.29, 0.717) is 5.56 Å². The fourth-order valence-corrected chi connectivity index (χ4v) is 3.23. The van der Waals surface area contributed by atoms with Crippen molar-refractivity contribution in [2.75, 3.05) is 6.54 Å². The van der Waals surface area contributed by atoms with Gasteiger partial charge in [0.2, 0.25) is 5.91 Å². The highest BCUT2D eigenvalue weighted by molar-refractivity contribution is 5.78. The maximum Gasteiger partial charge on any atom is 0.226 e. The minimum Gasteiger partial charge on any atom is -0.391 e. The Morgan fingerprint density at radius 2 is 1.92 bits per heavy atom. The van der Waals surface area contributed by atoms with Gasteiger partial charge in [0.15, 0.2) is 0 Å². The highest BCUT2D eigenvalue weighted by atomic mass is 19.1. The minimum absolute atomic E-state index is 0.0287. The zero-order valence-corrected chi connectivity index (χ0v) is 13.5. The molecule has 1 heterocycles. The van der Waals surface area contributed by atoms with Gasteiger partial charge in [-0.1, -0.05) is 30.3 Å². The molecule has 0 spiro atoms. The molecule has 1 saturated heterocycles. The molecular weight excluding hydrogens is 328 g/mol. The Hall–Kier alpha value is -2.31. The van der Waals surface area contributed by atoms with E-state index in [-0.39, 0.29) is 24.9 Å². The Morgan fingerprint density at radius 3 is 2.64 bits per heavy atom. The summed E-state index contributed by atoms with van der Waals surface area (Å²) in [5.74, 6) is -1.64. The van der Waals surface area contributed by atoms with Crippen LogP contribution >= 0.6 is 0 Å². The number of hydrogen-bond donors (Lipinski definition) is 2. The van der Waals surface area contributed by atoms with Crippen LogP contribution in [0.3, 0.4) is 0 Å². The molecule has 0 aliphatic carbocycles. The van der Waals surface area contributed by atoms with Crippen LogP contribution in [0.1, 0.15) is 36.1 Å². The maximum absolute atomic E-state index is 14.1. The van der Waals surface area contributed by atoms with Gasteiger partial charge in [-0.25, -0.2) is 8.78 Å². The maximum atomic E-state index is 14.1. The summed E-state index contributed by atoms with van der Waals surface area (Å²) in [5.41, 5.74) is 0.642. The standard InChI is InChI=1S/C19H19F2NO3/c20-13-6-7-16(21)15(8-13)17-9-14(23)11-22(17)19(25)10-18(24)12-4-2-1-3-5-12/h1-8,14,17-18,23-24H,9-11H2. The van der Waals surface area contributed by atoms with Crippen LogP contribution in [0.15, 0.2) is 48.5 Å². The van der Waals surface area contributed by atoms with E-state index in [2.05, 4.69) is 0 Å². The number of β-amino-alcohol motifs (C(OH)–C–C–N with tert-alkyl or cyclic N) is 1. The van der Waals surface area contributed by atoms with Gasteiger partial charge >= 0.3 is 0 Å². The number of carbonyl (C=O) groups excluding carboxylic acids is 1. The fourth-order valence-electron chi connectivity index (χ4n) is 3.23. The van der Waals surface area contributed by atoms with E-state index < -0.39 is 35.8 Å². The monoisotopic (exact) mass is 347 g/mol. The lowest BCUT2D eigenvalue weighted by molar-refractivity contribution is -0.134. The van der Waals surface area contributed by atoms with Gasteiger partial charge in [0.05, 0.1) is 24.7 Å². The largest absolute Gasteiger partial charge is 0.391 e. The van der Waals surface area contributed by atoms with Gasteiger partial charge in [0, 0.05) is 12.1 Å². The van der Waals surface area contributed by atoms with Crippen LogP contribution in [0.25, 0.3) is 0 Å². The Morgan fingerprint density at radius 1 is 1.20 bits per heavy atom. The van der Waals surface area contributed by atoms with Crippen molar-refractivity contribution < 1.29 is 23.8 Å². The number of aliphatic hydroxyl groups is 2. The van der Waals surface area contributed by atoms with Gasteiger partial charge in [-0.05, 0) is 30.2 Å². The number of likely N-dealkylation sites (tertiary alicyclic amines) is 1. The molecule has 1 aliphatic heterocycles. The normalized spacial score (nSPS) is 21.4. The summed E-state index contributed by atoms with van der Waals surface area (Å²) in [6, 6.07) is 11.1. The molecule has 1 fully saturated rings. The number of rotatable bonds is 4. The first-order valence-electron chi connectivity index (χ1n) is 8.11. The average Bonchev–Trinajstić information content (AvgIpc) is 2.99. The van der Waals surface area contributed by atoms with Crippen LogP contribution in [-0.4, -0.2) is 33.7 Å². The first kappa shape index (κ1) is 17.5. The average molecular weight is 347 g/mol. The molecule has 2 aromatic carbocycles. The second kappa shape index (κ2) is 7.29. The van der Waals surface area contributed by atoms with Gasteiger partial charge < -0.3 is 15.1 Å². The highest BCUT2D eigenvalue weighted by Gasteiger charge is 2.37. The molecule has 2 N–H and O–H groups in total. The van der Waals surface area contributed by atoms with E-state index in [4.69, 9.17) is 0 Å². The van der Waals surface area contributed by atoms with Gasteiger partial charge in [0.25, 0.3) is 0 Å². The lowest BCUT2D eigenvalue weighted by atomic mass is 10.0. The molecular formula is C19H19F2NO3. The molecule has 132 valence electrons. The van der Waals surface area contributed by atoms with Crippen molar-refractivity contribution in [1.82, 2.24) is 4.90 Å². The summed E-state index contributed by atoms with van der Waals surface area (Å²) >= 11 is 0. The fraction of sp³-hybridized carbons (Fsp3) is 0.316. The molecule has 3 unspecified atom stereocenters. The number of halogens is 2. The lowest BCUT2D eigenvalue weighted by Gasteiger charge is -2.26. The van der Waals surface area contributed by atoms with Crippen LogP contribution in [0.4, 0.5) is 8.78 Å². The third kappa shape index (κ3) is 3.86. The first-order chi connectivity index (χ1) is 12.0. The number of amides is 1. The lowest BCUT2D eigenvalue weighted by Crippen LogP contribution is -2.33. The molecule has 1 aliphatic rings. The third-order valence-corrected chi connectivity index (χ3v) is 4.47. The van der Waals surface area contributed by atoms with E-state index in [1.165, 1.54) is 4.90 Å². The molecule has 2 aromatic rings. The van der Waals surface area contributed by atoms with Crippen molar-refractivity contribution >= 4 is 5.91 Å². The van der Waals surface area contributed by atoms with Crippen LogP contribution in [0, 0.1) is 11.6 Å². The summed E-state index contributed by atoms with van der Waals surface area (Å²) < 4.78 is 27.6. The Labute approximate surface area is 144 Å². The van der Waals surface area contributed by atoms with Crippen LogP contribution in [-0.2, 0) is 4.79 Å². The van der Waals surface area contributed by atoms with Crippen molar-refractivity contribution in [3.63, 3.8) is 0 Å². The van der Waals surface area contributed by atoms with Crippen LogP contribution in [0.2, 0.25) is 0 Å². The van der Waals surface area contributed by atoms with Gasteiger partial charge in [-0.2, -0.15) is 0 Å². The summed E-state index contributed by atoms with van der Waals surface area (Å²) in [5, 5.41) is 20.1. The molecule has 3 atom stereocenters. The molecule has 25 heavy (non-hydrogen) atoms. The Bertz CT molecular complexity index is 754. The van der Waals surface area contributed by atoms with Gasteiger partial charge in [-0.3, -0.25) is 4.79 Å². The number of carbonyl (C=O) groups is 1. The second-order valence-corrected chi connectivity index (χ2v) is 6.25. The van der Waals surface area contributed by atoms with E-state index in [0.717, 1.165) is 18.2 Å². The summed E-state index contributed by atoms with van der Waals surface area (Å²) in [6.07, 6.45) is -1.87. The quantitative estimate of drug-likeness (QED) is 0.894. The minimum atomic E-state index is -0.996. The predicted molar refractivity (Wildman–Crippen MR) is 87.5 cm³/mol. The molecule has 0 radical (unpaired) electrons. The number of nitrogens with zero attached hydrogens (tertiary/aromatic N) is 1. The zero-order valence-electron chi connectivity index (χ0n) is 13.5. The molecule has 6 heteroatoms. The molecule has 0 bridgehead atoms. The third-order valence-electron chi connectivity index (χ3n) is 4.47. The van der Waals surface area contributed by atoms with E-state index >= 15 is 0 Å². The Balaban J connectivity index is 1.79. The second-order valence-electron chi connectivity index (χ2n) is 6.25. The van der Waals surface area contributed by atoms with Gasteiger partial charge in [-0.15, -0.1) is 0 Å². The zero-order chi connectivity index (χ0) is 18.0. The SMILES string of the molecule is O=C(CC(O)c1ccccc1)N1CC(O)CC1c1cc(F)ccc1F. The molecule has 1 amide bonds. The van der Waals surface area contributed by atoms with Gasteiger partial charge in [0.1, 0.15) is 11.6 Å². The van der Waals surface area contributed by atoms with E-state index in [1.54, 1.807) is 30.3 Å². The summed E-state index contributed by atoms with van der Waals surface area (Å²) in [4.78, 5) is 13.9. The van der Waals surface area contributed by atoms with Crippen molar-refractivity contribution in [3.05, 3.63) is 71.3 Å². The van der Waals surface area contributed by atoms with Crippen LogP contribution in [0.5, 0.6) is 0 Å². The van der Waals surface area contributed by atoms with Crippen molar-refractivity contribution in [3.8, 4) is 0 Å². The smallest absolute Gasteiger partial charge is 0.226 e. The van der Waals surface area contributed by atoms with Crippen molar-refractivity contribution in [2.24, 2.45) is 0 Å². The van der Waals surface area contributed by atoms with Crippen molar-refractivity contribution in [1.29, 1.82) is 0 Å². The number of hydrogen-bond acceptors (Lipinski definition) is 3. The van der Waals surface area contributed by atoms with Crippen molar-refractivity contribution in [2.45, 2.75) is 31.1 Å². The van der Waals surface area contributed by atoms with E-state index in [9.17, 15) is 23.8 Å². The summed E-state index contributed by atoms with van der Waals surface area (Å²) in [6.45, 7) is 0.0287. The molecule has 0 aromatic heterocycles. The molecule has 0 saturated carbocycles. The number of benzene rings is 2. The topological polar surface area (TPSA) is 60.8 Å². The molecule has 4 nitrogen and oxygen atoms in total. The summed E-state index contributed by atoms with van der Waals surface area (Å²) in [7, 11) is 0. The van der Waals surface area contributed by atoms with E-state index in [1.807, 2.05) is 0 Å². The van der Waals surface area contributed by atoms with Crippen LogP contribution < -0.4 is 0 Å². The highest BCUT2D eigenvalue weighted by Crippen LogP contribution is 2.35. The Kier molecular flexibility index (Phi) is 5.11.